The van der Waals surface area contributed by atoms with Crippen LogP contribution in [0.3, 0.4) is 0 Å². The first-order valence-electron chi connectivity index (χ1n) is 9.54. The Morgan fingerprint density at radius 1 is 1.21 bits per heavy atom. The molecular formula is C20H26N4O4. The molecule has 6 atom stereocenters. The van der Waals surface area contributed by atoms with E-state index in [1.54, 1.807) is 20.8 Å². The predicted octanol–water partition coefficient (Wildman–Crippen LogP) is 3.19. The lowest BCUT2D eigenvalue weighted by Crippen LogP contribution is -2.65. The fourth-order valence-electron chi connectivity index (χ4n) is 5.36. The average Bonchev–Trinajstić information content (AvgIpc) is 3.21. The number of hydrogen-bond acceptors (Lipinski definition) is 6. The van der Waals surface area contributed by atoms with Gasteiger partial charge in [-0.25, -0.2) is 4.99 Å². The molecule has 28 heavy (non-hydrogen) atoms. The normalized spacial score (nSPS) is 43.8. The lowest BCUT2D eigenvalue weighted by atomic mass is 9.72. The molecule has 0 radical (unpaired) electrons. The van der Waals surface area contributed by atoms with Crippen molar-refractivity contribution in [2.75, 3.05) is 6.61 Å². The third-order valence-corrected chi connectivity index (χ3v) is 6.70. The molecule has 1 aromatic rings. The molecule has 1 aliphatic carbocycles. The van der Waals surface area contributed by atoms with E-state index in [1.165, 1.54) is 0 Å². The first-order chi connectivity index (χ1) is 13.1. The van der Waals surface area contributed by atoms with E-state index in [0.717, 1.165) is 5.56 Å². The highest BCUT2D eigenvalue weighted by molar-refractivity contribution is 5.96. The van der Waals surface area contributed by atoms with Crippen molar-refractivity contribution in [3.05, 3.63) is 46.3 Å². The highest BCUT2D eigenvalue weighted by Crippen LogP contribution is 2.61. The van der Waals surface area contributed by atoms with Gasteiger partial charge in [0.2, 0.25) is 5.90 Å². The fourth-order valence-corrected chi connectivity index (χ4v) is 5.36. The average molecular weight is 386 g/mol. The molecule has 1 aromatic carbocycles. The number of hydrogen-bond donors (Lipinski definition) is 1. The predicted molar refractivity (Wildman–Crippen MR) is 103 cm³/mol. The number of rotatable bonds is 2. The van der Waals surface area contributed by atoms with Crippen molar-refractivity contribution in [3.63, 3.8) is 0 Å². The van der Waals surface area contributed by atoms with Crippen molar-refractivity contribution in [3.8, 4) is 0 Å². The Morgan fingerprint density at radius 3 is 2.46 bits per heavy atom. The molecule has 3 aliphatic rings. The van der Waals surface area contributed by atoms with Crippen LogP contribution in [0.4, 0.5) is 0 Å². The van der Waals surface area contributed by atoms with Crippen LogP contribution in [0.25, 0.3) is 10.4 Å². The van der Waals surface area contributed by atoms with E-state index in [4.69, 9.17) is 19.2 Å². The molecule has 8 nitrogen and oxygen atoms in total. The molecule has 2 aliphatic heterocycles. The zero-order valence-corrected chi connectivity index (χ0v) is 16.8. The summed E-state index contributed by atoms with van der Waals surface area (Å²) in [5.41, 5.74) is 6.28. The molecular weight excluding hydrogens is 360 g/mol. The Balaban J connectivity index is 1.90. The molecule has 2 unspecified atom stereocenters. The second-order valence-corrected chi connectivity index (χ2v) is 8.56. The van der Waals surface area contributed by atoms with Crippen LogP contribution in [-0.4, -0.2) is 52.3 Å². The Hall–Kier alpha value is -2.12. The maximum absolute atomic E-state index is 12.0. The van der Waals surface area contributed by atoms with Crippen LogP contribution in [0.15, 0.2) is 40.4 Å². The number of benzene rings is 1. The molecule has 1 saturated carbocycles. The van der Waals surface area contributed by atoms with Crippen LogP contribution >= 0.6 is 0 Å². The Morgan fingerprint density at radius 2 is 1.89 bits per heavy atom. The molecule has 1 N–H and O–H groups in total. The summed E-state index contributed by atoms with van der Waals surface area (Å²) >= 11 is 0. The summed E-state index contributed by atoms with van der Waals surface area (Å²) in [6.45, 7) is 9.18. The third-order valence-electron chi connectivity index (χ3n) is 6.70. The van der Waals surface area contributed by atoms with Crippen LogP contribution in [-0.2, 0) is 14.2 Å². The standard InChI is InChI=1S/C20H26N4O4/c1-12-15(23-24-21)19(11-26-17(3,4)28-19)18(5,25)20(12)13(2)27-16(22-20)14-9-7-6-8-10-14/h6-10,12-13,15,25H,11H2,1-5H3/t12-,13?,15?,18-,19+,20+/m0/s1. The number of azide groups is 1. The fraction of sp³-hybridized carbons (Fsp3) is 0.650. The highest BCUT2D eigenvalue weighted by Gasteiger charge is 2.79. The van der Waals surface area contributed by atoms with Crippen molar-refractivity contribution in [1.29, 1.82) is 0 Å². The Kier molecular flexibility index (Phi) is 4.07. The largest absolute Gasteiger partial charge is 0.472 e. The van der Waals surface area contributed by atoms with Crippen LogP contribution in [0.5, 0.6) is 0 Å². The van der Waals surface area contributed by atoms with Gasteiger partial charge < -0.3 is 19.3 Å². The summed E-state index contributed by atoms with van der Waals surface area (Å²) in [5.74, 6) is -0.783. The minimum atomic E-state index is -1.50. The van der Waals surface area contributed by atoms with Crippen LogP contribution < -0.4 is 0 Å². The van der Waals surface area contributed by atoms with E-state index in [-0.39, 0.29) is 12.5 Å². The van der Waals surface area contributed by atoms with Gasteiger partial charge in [0.1, 0.15) is 22.8 Å². The maximum Gasteiger partial charge on any atom is 0.217 e. The monoisotopic (exact) mass is 386 g/mol. The van der Waals surface area contributed by atoms with Gasteiger partial charge in [-0.15, -0.1) is 0 Å². The van der Waals surface area contributed by atoms with Gasteiger partial charge in [0.15, 0.2) is 5.79 Å². The number of aliphatic imine (C=N–C) groups is 1. The van der Waals surface area contributed by atoms with Crippen LogP contribution in [0.1, 0.15) is 40.2 Å². The minimum absolute atomic E-state index is 0.103. The zero-order valence-electron chi connectivity index (χ0n) is 16.8. The van der Waals surface area contributed by atoms with Gasteiger partial charge in [-0.05, 0) is 51.3 Å². The van der Waals surface area contributed by atoms with Crippen molar-refractivity contribution < 1.29 is 19.3 Å². The van der Waals surface area contributed by atoms with Gasteiger partial charge in [0, 0.05) is 10.5 Å². The van der Waals surface area contributed by atoms with E-state index >= 15 is 0 Å². The van der Waals surface area contributed by atoms with Crippen LogP contribution in [0.2, 0.25) is 0 Å². The second-order valence-electron chi connectivity index (χ2n) is 8.56. The summed E-state index contributed by atoms with van der Waals surface area (Å²) in [5, 5.41) is 16.0. The molecule has 2 fully saturated rings. The Bertz CT molecular complexity index is 864. The van der Waals surface area contributed by atoms with Gasteiger partial charge in [-0.1, -0.05) is 30.2 Å². The van der Waals surface area contributed by atoms with Crippen LogP contribution in [0, 0.1) is 5.92 Å². The smallest absolute Gasteiger partial charge is 0.217 e. The molecule has 150 valence electrons. The molecule has 0 aromatic heterocycles. The van der Waals surface area contributed by atoms with E-state index in [1.807, 2.05) is 44.2 Å². The summed E-state index contributed by atoms with van der Waals surface area (Å²) in [4.78, 5) is 7.98. The first kappa shape index (κ1) is 19.2. The van der Waals surface area contributed by atoms with E-state index in [0.29, 0.717) is 5.90 Å². The van der Waals surface area contributed by atoms with Gasteiger partial charge in [-0.3, -0.25) is 0 Å². The maximum atomic E-state index is 12.0. The number of ether oxygens (including phenoxy) is 3. The second kappa shape index (κ2) is 5.94. The number of aliphatic hydroxyl groups is 1. The summed E-state index contributed by atoms with van der Waals surface area (Å²) in [6, 6.07) is 8.90. The summed E-state index contributed by atoms with van der Waals surface area (Å²) in [6.07, 6.45) is -0.448. The van der Waals surface area contributed by atoms with Crippen molar-refractivity contribution in [1.82, 2.24) is 0 Å². The SMILES string of the molecule is CC1OC(c2ccccc2)=N[C@]12[C@@H](C)C(N=[N+]=[N-])[C@]1(COC(C)(C)O1)[C@]2(C)O. The Labute approximate surface area is 164 Å². The van der Waals surface area contributed by atoms with E-state index in [9.17, 15) is 10.6 Å². The van der Waals surface area contributed by atoms with Gasteiger partial charge in [0.25, 0.3) is 0 Å². The molecule has 0 amide bonds. The molecule has 2 heterocycles. The lowest BCUT2D eigenvalue weighted by molar-refractivity contribution is -0.215. The molecule has 8 heteroatoms. The molecule has 2 spiro atoms. The quantitative estimate of drug-likeness (QED) is 0.478. The first-order valence-corrected chi connectivity index (χ1v) is 9.54. The molecule has 4 rings (SSSR count). The molecule has 0 bridgehead atoms. The third kappa shape index (κ3) is 2.23. The zero-order chi connectivity index (χ0) is 20.4. The van der Waals surface area contributed by atoms with Gasteiger partial charge >= 0.3 is 0 Å². The van der Waals surface area contributed by atoms with Gasteiger partial charge in [-0.2, -0.15) is 0 Å². The minimum Gasteiger partial charge on any atom is -0.472 e. The van der Waals surface area contributed by atoms with Crippen molar-refractivity contribution >= 4 is 5.90 Å². The molecule has 1 saturated heterocycles. The lowest BCUT2D eigenvalue weighted by Gasteiger charge is -2.44. The highest BCUT2D eigenvalue weighted by atomic mass is 16.8. The topological polar surface area (TPSA) is 109 Å². The van der Waals surface area contributed by atoms with E-state index in [2.05, 4.69) is 10.0 Å². The summed E-state index contributed by atoms with van der Waals surface area (Å²) in [7, 11) is 0. The van der Waals surface area contributed by atoms with Crippen molar-refractivity contribution in [2.24, 2.45) is 16.0 Å². The summed E-state index contributed by atoms with van der Waals surface area (Å²) < 4.78 is 18.2. The van der Waals surface area contributed by atoms with Crippen molar-refractivity contribution in [2.45, 2.75) is 69.3 Å². The number of nitrogens with zero attached hydrogens (tertiary/aromatic N) is 4. The van der Waals surface area contributed by atoms with E-state index < -0.39 is 34.7 Å². The van der Waals surface area contributed by atoms with Gasteiger partial charge in [0.05, 0.1) is 12.6 Å².